The number of ether oxygens (including phenoxy) is 2. The smallest absolute Gasteiger partial charge is 0.340 e. The lowest BCUT2D eigenvalue weighted by atomic mass is 9.98. The number of hydrogen-bond donors (Lipinski definition) is 4. The Morgan fingerprint density at radius 1 is 0.905 bits per heavy atom. The topological polar surface area (TPSA) is 192 Å². The number of likely N-dealkylation sites (tertiary alicyclic amines) is 1. The van der Waals surface area contributed by atoms with Crippen LogP contribution in [0.15, 0.2) is 83.9 Å². The van der Waals surface area contributed by atoms with E-state index in [9.17, 15) is 23.1 Å². The minimum atomic E-state index is -3.84. The second-order valence-corrected chi connectivity index (χ2v) is 19.0. The number of aromatic nitrogens is 4. The number of nitrogens with one attached hydrogen (secondary N) is 3. The molecule has 2 aromatic heterocycles. The molecule has 1 saturated heterocycles. The highest BCUT2D eigenvalue weighted by Gasteiger charge is 2.36. The SMILES string of the molecule is COc1ccc(-c2ccccc2C)c(S(=O)(=O)C(C)C)c1C(=O)O.Cc1cccc(Nc2nc(Nc3cc4c(cc3OC(C)C)CN(C3CCN(C)CC3)C4=O)nc3[nH]ncc23)c1. The average molecular weight is 875 g/mol. The molecule has 330 valence electrons. The van der Waals surface area contributed by atoms with Crippen molar-refractivity contribution in [2.75, 3.05) is 37.9 Å². The highest BCUT2D eigenvalue weighted by atomic mass is 32.2. The average Bonchev–Trinajstić information content (AvgIpc) is 3.85. The summed E-state index contributed by atoms with van der Waals surface area (Å²) in [6, 6.07) is 22.6. The van der Waals surface area contributed by atoms with Crippen molar-refractivity contribution in [2.45, 2.75) is 83.2 Å². The highest BCUT2D eigenvalue weighted by molar-refractivity contribution is 7.92. The first kappa shape index (κ1) is 44.5. The number of carbonyl (C=O) groups excluding carboxylic acids is 1. The van der Waals surface area contributed by atoms with Gasteiger partial charge in [-0.1, -0.05) is 36.4 Å². The standard InChI is InChI=1S/C29H34N8O2.C18H20O5S/c1-17(2)39-25-13-19-16-37(21-8-10-36(4)11-9-21)28(38)22(19)14-24(25)32-29-33-26(23-15-30-35-27(23)34-29)31-20-7-5-6-18(3)12-20;1-11(2)24(21,22)17-14(13-8-6-5-7-12(13)3)9-10-15(23-4)16(17)18(19)20/h5-7,12-15,17,21H,8-11,16H2,1-4H3,(H3,30,31,32,33,34,35);5-11H,1-4H3,(H,19,20). The second kappa shape index (κ2) is 18.4. The number of H-pyrrole nitrogens is 1. The second-order valence-electron chi connectivity index (χ2n) is 16.5. The maximum Gasteiger partial charge on any atom is 0.340 e. The van der Waals surface area contributed by atoms with Crippen LogP contribution in [0.25, 0.3) is 22.2 Å². The van der Waals surface area contributed by atoms with Crippen molar-refractivity contribution in [3.63, 3.8) is 0 Å². The molecule has 0 aliphatic carbocycles. The Morgan fingerprint density at radius 3 is 2.32 bits per heavy atom. The molecule has 4 aromatic carbocycles. The van der Waals surface area contributed by atoms with Gasteiger partial charge < -0.3 is 35.0 Å². The van der Waals surface area contributed by atoms with Crippen molar-refractivity contribution in [1.82, 2.24) is 30.0 Å². The van der Waals surface area contributed by atoms with Gasteiger partial charge in [0.25, 0.3) is 5.91 Å². The molecule has 4 N–H and O–H groups in total. The Hall–Kier alpha value is -6.52. The fourth-order valence-corrected chi connectivity index (χ4v) is 9.36. The number of methoxy groups -OCH3 is 1. The van der Waals surface area contributed by atoms with E-state index in [0.717, 1.165) is 53.7 Å². The van der Waals surface area contributed by atoms with Crippen LogP contribution < -0.4 is 20.1 Å². The normalized spacial score (nSPS) is 14.4. The minimum absolute atomic E-state index is 0.0269. The molecule has 8 rings (SSSR count). The van der Waals surface area contributed by atoms with Gasteiger partial charge in [0, 0.05) is 29.4 Å². The number of hydrogen-bond acceptors (Lipinski definition) is 12. The number of benzene rings is 4. The molecule has 6 aromatic rings. The zero-order chi connectivity index (χ0) is 45.2. The van der Waals surface area contributed by atoms with Crippen LogP contribution in [-0.4, -0.2) is 100 Å². The van der Waals surface area contributed by atoms with E-state index in [2.05, 4.69) is 43.8 Å². The summed E-state index contributed by atoms with van der Waals surface area (Å²) in [5.41, 5.74) is 6.60. The molecule has 1 fully saturated rings. The molecule has 63 heavy (non-hydrogen) atoms. The summed E-state index contributed by atoms with van der Waals surface area (Å²) in [6.07, 6.45) is 3.65. The van der Waals surface area contributed by atoms with E-state index in [4.69, 9.17) is 14.5 Å². The number of amides is 1. The van der Waals surface area contributed by atoms with Gasteiger partial charge in [-0.3, -0.25) is 9.89 Å². The van der Waals surface area contributed by atoms with Gasteiger partial charge in [0.2, 0.25) is 5.95 Å². The number of rotatable bonds is 12. The van der Waals surface area contributed by atoms with Crippen molar-refractivity contribution >= 4 is 55.9 Å². The molecule has 0 spiro atoms. The first-order valence-electron chi connectivity index (χ1n) is 20.9. The molecule has 0 saturated carbocycles. The highest BCUT2D eigenvalue weighted by Crippen LogP contribution is 2.40. The number of carboxylic acids is 1. The van der Waals surface area contributed by atoms with E-state index in [1.165, 1.54) is 27.0 Å². The van der Waals surface area contributed by atoms with Gasteiger partial charge in [0.15, 0.2) is 15.5 Å². The summed E-state index contributed by atoms with van der Waals surface area (Å²) in [4.78, 5) is 38.9. The number of carboxylic acid groups (broad SMARTS) is 1. The lowest BCUT2D eigenvalue weighted by molar-refractivity contribution is 0.0616. The largest absolute Gasteiger partial charge is 0.496 e. The zero-order valence-electron chi connectivity index (χ0n) is 36.8. The molecule has 2 aliphatic rings. The maximum atomic E-state index is 13.5. The van der Waals surface area contributed by atoms with Crippen LogP contribution >= 0.6 is 0 Å². The molecule has 15 nitrogen and oxygen atoms in total. The summed E-state index contributed by atoms with van der Waals surface area (Å²) in [7, 11) is -0.387. The van der Waals surface area contributed by atoms with E-state index in [1.54, 1.807) is 24.4 Å². The number of aryl methyl sites for hydroxylation is 2. The van der Waals surface area contributed by atoms with Gasteiger partial charge in [-0.25, -0.2) is 13.2 Å². The lowest BCUT2D eigenvalue weighted by Crippen LogP contribution is -2.43. The molecule has 0 radical (unpaired) electrons. The first-order valence-corrected chi connectivity index (χ1v) is 22.5. The summed E-state index contributed by atoms with van der Waals surface area (Å²) in [5.74, 6) is 0.432. The molecular formula is C47H54N8O7S. The Labute approximate surface area is 367 Å². The van der Waals surface area contributed by atoms with Crippen molar-refractivity contribution in [1.29, 1.82) is 0 Å². The van der Waals surface area contributed by atoms with E-state index >= 15 is 0 Å². The molecule has 0 bridgehead atoms. The third-order valence-corrected chi connectivity index (χ3v) is 13.5. The fourth-order valence-electron chi connectivity index (χ4n) is 7.93. The van der Waals surface area contributed by atoms with Crippen molar-refractivity contribution < 1.29 is 32.6 Å². The van der Waals surface area contributed by atoms with E-state index in [0.29, 0.717) is 52.1 Å². The predicted octanol–water partition coefficient (Wildman–Crippen LogP) is 8.54. The van der Waals surface area contributed by atoms with E-state index in [-0.39, 0.29) is 34.3 Å². The molecule has 2 aliphatic heterocycles. The summed E-state index contributed by atoms with van der Waals surface area (Å²) < 4.78 is 37.1. The molecule has 1 amide bonds. The third-order valence-electron chi connectivity index (χ3n) is 11.3. The Bertz CT molecular complexity index is 2780. The monoisotopic (exact) mass is 874 g/mol. The number of sulfone groups is 1. The van der Waals surface area contributed by atoms with Crippen LogP contribution in [0.5, 0.6) is 11.5 Å². The predicted molar refractivity (Wildman–Crippen MR) is 244 cm³/mol. The minimum Gasteiger partial charge on any atom is -0.496 e. The quantitative estimate of drug-likeness (QED) is 0.0916. The van der Waals surface area contributed by atoms with Crippen LogP contribution in [0.1, 0.15) is 77.9 Å². The zero-order valence-corrected chi connectivity index (χ0v) is 37.6. The number of anilines is 4. The van der Waals surface area contributed by atoms with Crippen LogP contribution in [0.2, 0.25) is 0 Å². The molecular weight excluding hydrogens is 821 g/mol. The number of fused-ring (bicyclic) bond motifs is 2. The first-order chi connectivity index (χ1) is 30.0. The van der Waals surface area contributed by atoms with Crippen molar-refractivity contribution in [3.8, 4) is 22.6 Å². The van der Waals surface area contributed by atoms with Crippen LogP contribution in [0.3, 0.4) is 0 Å². The van der Waals surface area contributed by atoms with Gasteiger partial charge in [-0.15, -0.1) is 0 Å². The van der Waals surface area contributed by atoms with Gasteiger partial charge in [0.1, 0.15) is 22.9 Å². The van der Waals surface area contributed by atoms with Gasteiger partial charge in [0.05, 0.1) is 40.6 Å². The fraction of sp³-hybridized carbons (Fsp3) is 0.340. The van der Waals surface area contributed by atoms with Gasteiger partial charge >= 0.3 is 5.97 Å². The number of carbonyl (C=O) groups is 2. The Balaban J connectivity index is 0.000000213. The Morgan fingerprint density at radius 2 is 1.65 bits per heavy atom. The third kappa shape index (κ3) is 9.46. The van der Waals surface area contributed by atoms with Crippen LogP contribution in [0, 0.1) is 13.8 Å². The molecule has 0 unspecified atom stereocenters. The van der Waals surface area contributed by atoms with E-state index < -0.39 is 21.1 Å². The number of aromatic carboxylic acids is 1. The Kier molecular flexibility index (Phi) is 13.0. The summed E-state index contributed by atoms with van der Waals surface area (Å²) in [6.45, 7) is 13.6. The number of aromatic amines is 1. The van der Waals surface area contributed by atoms with Crippen LogP contribution in [0.4, 0.5) is 23.1 Å². The summed E-state index contributed by atoms with van der Waals surface area (Å²) in [5, 5.41) is 23.5. The lowest BCUT2D eigenvalue weighted by Gasteiger charge is -2.34. The molecule has 4 heterocycles. The summed E-state index contributed by atoms with van der Waals surface area (Å²) >= 11 is 0. The van der Waals surface area contributed by atoms with Crippen molar-refractivity contribution in [3.05, 3.63) is 107 Å². The van der Waals surface area contributed by atoms with E-state index in [1.807, 2.05) is 75.1 Å². The van der Waals surface area contributed by atoms with Crippen LogP contribution in [-0.2, 0) is 16.4 Å². The van der Waals surface area contributed by atoms with Gasteiger partial charge in [-0.2, -0.15) is 15.1 Å². The number of piperidine rings is 1. The number of nitrogens with zero attached hydrogens (tertiary/aromatic N) is 5. The molecule has 16 heteroatoms. The maximum absolute atomic E-state index is 13.5. The van der Waals surface area contributed by atoms with Gasteiger partial charge in [-0.05, 0) is 133 Å². The molecule has 0 atom stereocenters. The van der Waals surface area contributed by atoms with Crippen molar-refractivity contribution in [2.24, 2.45) is 0 Å².